The van der Waals surface area contributed by atoms with Gasteiger partial charge in [-0.25, -0.2) is 9.37 Å². The van der Waals surface area contributed by atoms with Crippen LogP contribution in [-0.4, -0.2) is 34.3 Å². The van der Waals surface area contributed by atoms with Crippen molar-refractivity contribution in [2.24, 2.45) is 0 Å². The van der Waals surface area contributed by atoms with Gasteiger partial charge in [0.05, 0.1) is 18.8 Å². The molecule has 16 heavy (non-hydrogen) atoms. The van der Waals surface area contributed by atoms with Gasteiger partial charge in [0.1, 0.15) is 0 Å². The monoisotopic (exact) mass is 226 g/mol. The summed E-state index contributed by atoms with van der Waals surface area (Å²) in [7, 11) is 0. The van der Waals surface area contributed by atoms with Gasteiger partial charge >= 0.3 is 0 Å². The van der Waals surface area contributed by atoms with Crippen molar-refractivity contribution in [2.75, 3.05) is 23.8 Å². The lowest BCUT2D eigenvalue weighted by Crippen LogP contribution is -2.43. The van der Waals surface area contributed by atoms with E-state index in [0.717, 1.165) is 25.5 Å². The lowest BCUT2D eigenvalue weighted by Gasteiger charge is -2.35. The number of nitrogens with zero attached hydrogens (tertiary/aromatic N) is 3. The summed E-state index contributed by atoms with van der Waals surface area (Å²) in [6.07, 6.45) is 3.93. The summed E-state index contributed by atoms with van der Waals surface area (Å²) < 4.78 is 13.6. The first-order valence-corrected chi connectivity index (χ1v) is 5.38. The van der Waals surface area contributed by atoms with Crippen molar-refractivity contribution in [2.45, 2.75) is 25.3 Å². The Balaban J connectivity index is 2.30. The van der Waals surface area contributed by atoms with Gasteiger partial charge < -0.3 is 15.7 Å². The fraction of sp³-hybridized carbons (Fsp3) is 0.600. The number of aliphatic hydroxyl groups excluding tert-OH is 1. The highest BCUT2D eigenvalue weighted by molar-refractivity contribution is 5.44. The van der Waals surface area contributed by atoms with Crippen molar-refractivity contribution < 1.29 is 9.50 Å². The minimum Gasteiger partial charge on any atom is -0.394 e. The summed E-state index contributed by atoms with van der Waals surface area (Å²) >= 11 is 0. The molecule has 1 saturated heterocycles. The summed E-state index contributed by atoms with van der Waals surface area (Å²) in [6, 6.07) is -0.0717. The Morgan fingerprint density at radius 1 is 1.56 bits per heavy atom. The van der Waals surface area contributed by atoms with Crippen molar-refractivity contribution in [1.82, 2.24) is 9.97 Å². The van der Waals surface area contributed by atoms with Gasteiger partial charge in [-0.3, -0.25) is 0 Å². The Morgan fingerprint density at radius 2 is 2.38 bits per heavy atom. The van der Waals surface area contributed by atoms with Crippen molar-refractivity contribution in [1.29, 1.82) is 0 Å². The van der Waals surface area contributed by atoms with Gasteiger partial charge in [0.25, 0.3) is 0 Å². The van der Waals surface area contributed by atoms with Crippen molar-refractivity contribution in [3.8, 4) is 0 Å². The average Bonchev–Trinajstić information content (AvgIpc) is 2.32. The van der Waals surface area contributed by atoms with Gasteiger partial charge in [0.2, 0.25) is 5.95 Å². The maximum atomic E-state index is 13.6. The normalized spacial score (nSPS) is 21.1. The number of halogens is 1. The maximum absolute atomic E-state index is 13.6. The number of nitrogens with two attached hydrogens (primary N) is 1. The number of hydrogen-bond acceptors (Lipinski definition) is 5. The van der Waals surface area contributed by atoms with E-state index in [9.17, 15) is 9.50 Å². The summed E-state index contributed by atoms with van der Waals surface area (Å²) in [5.74, 6) is -0.237. The van der Waals surface area contributed by atoms with Gasteiger partial charge in [-0.2, -0.15) is 4.98 Å². The second kappa shape index (κ2) is 4.61. The van der Waals surface area contributed by atoms with Crippen molar-refractivity contribution in [3.05, 3.63) is 12.0 Å². The minimum atomic E-state index is -0.491. The topological polar surface area (TPSA) is 75.3 Å². The molecule has 1 aliphatic heterocycles. The first kappa shape index (κ1) is 11.1. The molecule has 1 atom stereocenters. The zero-order chi connectivity index (χ0) is 11.5. The highest BCUT2D eigenvalue weighted by Gasteiger charge is 2.25. The molecule has 3 N–H and O–H groups in total. The smallest absolute Gasteiger partial charge is 0.222 e. The molecular formula is C10H15FN4O. The zero-order valence-corrected chi connectivity index (χ0v) is 8.93. The summed E-state index contributed by atoms with van der Waals surface area (Å²) in [4.78, 5) is 9.26. The Bertz CT molecular complexity index is 374. The Morgan fingerprint density at radius 3 is 3.12 bits per heavy atom. The van der Waals surface area contributed by atoms with Crippen LogP contribution in [0.25, 0.3) is 0 Å². The van der Waals surface area contributed by atoms with Gasteiger partial charge in [-0.1, -0.05) is 0 Å². The number of aliphatic hydroxyl groups is 1. The number of nitrogen functional groups attached to an aromatic ring is 1. The van der Waals surface area contributed by atoms with Crippen LogP contribution in [-0.2, 0) is 0 Å². The molecule has 6 heteroatoms. The standard InChI is InChI=1S/C10H15FN4O/c11-8-5-13-10(12)14-9(8)15-4-2-1-3-7(15)6-16/h5,7,16H,1-4,6H2,(H2,12,13,14). The Labute approximate surface area is 93.1 Å². The van der Waals surface area contributed by atoms with Gasteiger partial charge in [0, 0.05) is 6.54 Å². The fourth-order valence-electron chi connectivity index (χ4n) is 2.04. The van der Waals surface area contributed by atoms with Crippen LogP contribution in [0.3, 0.4) is 0 Å². The van der Waals surface area contributed by atoms with Crippen LogP contribution in [0.15, 0.2) is 6.20 Å². The van der Waals surface area contributed by atoms with Crippen LogP contribution in [0.5, 0.6) is 0 Å². The van der Waals surface area contributed by atoms with Crippen LogP contribution in [0.4, 0.5) is 16.2 Å². The summed E-state index contributed by atoms with van der Waals surface area (Å²) in [6.45, 7) is 0.696. The van der Waals surface area contributed by atoms with E-state index < -0.39 is 5.82 Å². The number of hydrogen-bond donors (Lipinski definition) is 2. The largest absolute Gasteiger partial charge is 0.394 e. The van der Waals surface area contributed by atoms with Crippen LogP contribution in [0.2, 0.25) is 0 Å². The first-order chi connectivity index (χ1) is 7.72. The molecule has 0 spiro atoms. The van der Waals surface area contributed by atoms with Gasteiger partial charge in [0.15, 0.2) is 11.6 Å². The molecular weight excluding hydrogens is 211 g/mol. The number of piperidine rings is 1. The zero-order valence-electron chi connectivity index (χ0n) is 8.93. The third-order valence-electron chi connectivity index (χ3n) is 2.85. The number of rotatable bonds is 2. The summed E-state index contributed by atoms with van der Waals surface area (Å²) in [5.41, 5.74) is 5.44. The highest BCUT2D eigenvalue weighted by atomic mass is 19.1. The van der Waals surface area contributed by atoms with Crippen molar-refractivity contribution in [3.63, 3.8) is 0 Å². The van der Waals surface area contributed by atoms with E-state index in [0.29, 0.717) is 6.54 Å². The Kier molecular flexibility index (Phi) is 3.19. The molecule has 0 aliphatic carbocycles. The van der Waals surface area contributed by atoms with Crippen molar-refractivity contribution >= 4 is 11.8 Å². The van der Waals surface area contributed by atoms with Crippen LogP contribution >= 0.6 is 0 Å². The van der Waals surface area contributed by atoms with E-state index in [1.165, 1.54) is 0 Å². The van der Waals surface area contributed by atoms with E-state index >= 15 is 0 Å². The number of aromatic nitrogens is 2. The molecule has 2 heterocycles. The Hall–Kier alpha value is -1.43. The first-order valence-electron chi connectivity index (χ1n) is 5.38. The predicted molar refractivity (Wildman–Crippen MR) is 58.5 cm³/mol. The third-order valence-corrected chi connectivity index (χ3v) is 2.85. The van der Waals surface area contributed by atoms with Crippen LogP contribution in [0.1, 0.15) is 19.3 Å². The number of anilines is 2. The molecule has 0 amide bonds. The van der Waals surface area contributed by atoms with Gasteiger partial charge in [-0.05, 0) is 19.3 Å². The third kappa shape index (κ3) is 2.06. The minimum absolute atomic E-state index is 0.00332. The second-order valence-corrected chi connectivity index (χ2v) is 3.93. The van der Waals surface area contributed by atoms with Crippen LogP contribution in [0, 0.1) is 5.82 Å². The molecule has 0 radical (unpaired) electrons. The van der Waals surface area contributed by atoms with Gasteiger partial charge in [-0.15, -0.1) is 0 Å². The molecule has 0 saturated carbocycles. The lowest BCUT2D eigenvalue weighted by molar-refractivity contribution is 0.238. The fourth-order valence-corrected chi connectivity index (χ4v) is 2.04. The molecule has 1 fully saturated rings. The van der Waals surface area contributed by atoms with E-state index in [2.05, 4.69) is 9.97 Å². The second-order valence-electron chi connectivity index (χ2n) is 3.93. The summed E-state index contributed by atoms with van der Waals surface area (Å²) in [5, 5.41) is 9.24. The van der Waals surface area contributed by atoms with E-state index in [1.807, 2.05) is 0 Å². The maximum Gasteiger partial charge on any atom is 0.222 e. The SMILES string of the molecule is Nc1ncc(F)c(N2CCCCC2CO)n1. The van der Waals surface area contributed by atoms with E-state index in [1.54, 1.807) is 4.90 Å². The molecule has 1 aromatic heterocycles. The molecule has 1 aliphatic rings. The van der Waals surface area contributed by atoms with E-state index in [4.69, 9.17) is 5.73 Å². The molecule has 2 rings (SSSR count). The highest BCUT2D eigenvalue weighted by Crippen LogP contribution is 2.25. The molecule has 0 bridgehead atoms. The quantitative estimate of drug-likeness (QED) is 0.770. The molecule has 88 valence electrons. The lowest BCUT2D eigenvalue weighted by atomic mass is 10.0. The van der Waals surface area contributed by atoms with E-state index in [-0.39, 0.29) is 24.4 Å². The predicted octanol–water partition coefficient (Wildman–Crippen LogP) is 0.549. The van der Waals surface area contributed by atoms with Crippen LogP contribution < -0.4 is 10.6 Å². The molecule has 1 aromatic rings. The molecule has 5 nitrogen and oxygen atoms in total. The molecule has 1 unspecified atom stereocenters. The molecule has 0 aromatic carbocycles. The average molecular weight is 226 g/mol.